The van der Waals surface area contributed by atoms with Gasteiger partial charge in [0.1, 0.15) is 11.2 Å². The first kappa shape index (κ1) is 14.4. The number of nitrogens with zero attached hydrogens (tertiary/aromatic N) is 1. The quantitative estimate of drug-likeness (QED) is 0.807. The number of benzene rings is 2. The smallest absolute Gasteiger partial charge is 0.238 e. The van der Waals surface area contributed by atoms with Crippen molar-refractivity contribution in [2.75, 3.05) is 10.7 Å². The fourth-order valence-electron chi connectivity index (χ4n) is 2.31. The van der Waals surface area contributed by atoms with Crippen LogP contribution >= 0.6 is 23.4 Å². The molecule has 2 aromatic rings. The van der Waals surface area contributed by atoms with Crippen molar-refractivity contribution >= 4 is 35.0 Å². The molecule has 1 aliphatic heterocycles. The van der Waals surface area contributed by atoms with Crippen LogP contribution < -0.4 is 4.90 Å². The van der Waals surface area contributed by atoms with Crippen molar-refractivity contribution in [2.24, 2.45) is 0 Å². The van der Waals surface area contributed by atoms with Crippen LogP contribution in [0.1, 0.15) is 16.5 Å². The van der Waals surface area contributed by atoms with Gasteiger partial charge in [-0.25, -0.2) is 4.39 Å². The van der Waals surface area contributed by atoms with Gasteiger partial charge >= 0.3 is 0 Å². The number of anilines is 1. The molecular weight excluding hydrogens is 309 g/mol. The monoisotopic (exact) mass is 321 g/mol. The number of carbonyl (C=O) groups excluding carboxylic acids is 1. The van der Waals surface area contributed by atoms with E-state index in [0.717, 1.165) is 5.56 Å². The first-order chi connectivity index (χ1) is 10.1. The standard InChI is InChI=1S/C16H13ClFNOS/c1-10-2-7-13(8-14(10)18)19-15(20)9-21-16(19)11-3-5-12(17)6-4-11/h2-8,16H,9H2,1H3. The van der Waals surface area contributed by atoms with Crippen molar-refractivity contribution in [2.45, 2.75) is 12.3 Å². The Morgan fingerprint density at radius 3 is 2.62 bits per heavy atom. The first-order valence-electron chi connectivity index (χ1n) is 6.51. The average molecular weight is 322 g/mol. The van der Waals surface area contributed by atoms with Crippen molar-refractivity contribution in [3.05, 3.63) is 64.4 Å². The van der Waals surface area contributed by atoms with E-state index in [9.17, 15) is 9.18 Å². The summed E-state index contributed by atoms with van der Waals surface area (Å²) in [6.45, 7) is 1.70. The van der Waals surface area contributed by atoms with Gasteiger partial charge in [0.15, 0.2) is 0 Å². The molecule has 1 saturated heterocycles. The molecule has 0 spiro atoms. The van der Waals surface area contributed by atoms with Gasteiger partial charge in [-0.3, -0.25) is 9.69 Å². The van der Waals surface area contributed by atoms with E-state index in [0.29, 0.717) is 22.0 Å². The number of hydrogen-bond acceptors (Lipinski definition) is 2. The Kier molecular flexibility index (Phi) is 3.91. The summed E-state index contributed by atoms with van der Waals surface area (Å²) in [6, 6.07) is 12.3. The lowest BCUT2D eigenvalue weighted by atomic mass is 10.1. The fraction of sp³-hybridized carbons (Fsp3) is 0.188. The van der Waals surface area contributed by atoms with Gasteiger partial charge in [0.2, 0.25) is 5.91 Å². The summed E-state index contributed by atoms with van der Waals surface area (Å²) in [7, 11) is 0. The SMILES string of the molecule is Cc1ccc(N2C(=O)CSC2c2ccc(Cl)cc2)cc1F. The van der Waals surface area contributed by atoms with E-state index in [1.54, 1.807) is 36.1 Å². The van der Waals surface area contributed by atoms with Gasteiger partial charge in [-0.15, -0.1) is 11.8 Å². The van der Waals surface area contributed by atoms with Crippen LogP contribution in [0.5, 0.6) is 0 Å². The van der Waals surface area contributed by atoms with Gasteiger partial charge in [-0.05, 0) is 42.3 Å². The number of aryl methyl sites for hydroxylation is 1. The topological polar surface area (TPSA) is 20.3 Å². The van der Waals surface area contributed by atoms with Gasteiger partial charge in [-0.1, -0.05) is 29.8 Å². The molecule has 1 heterocycles. The highest BCUT2D eigenvalue weighted by atomic mass is 35.5. The number of amides is 1. The Hall–Kier alpha value is -1.52. The molecule has 1 fully saturated rings. The maximum absolute atomic E-state index is 13.8. The molecule has 0 aliphatic carbocycles. The molecular formula is C16H13ClFNOS. The van der Waals surface area contributed by atoms with Crippen LogP contribution in [-0.2, 0) is 4.79 Å². The molecule has 3 rings (SSSR count). The highest BCUT2D eigenvalue weighted by molar-refractivity contribution is 8.00. The van der Waals surface area contributed by atoms with E-state index in [1.807, 2.05) is 12.1 Å². The second-order valence-corrected chi connectivity index (χ2v) is 6.42. The van der Waals surface area contributed by atoms with E-state index < -0.39 is 0 Å². The number of halogens is 2. The normalized spacial score (nSPS) is 18.3. The molecule has 21 heavy (non-hydrogen) atoms. The zero-order chi connectivity index (χ0) is 15.0. The average Bonchev–Trinajstić information content (AvgIpc) is 2.85. The maximum Gasteiger partial charge on any atom is 0.238 e. The van der Waals surface area contributed by atoms with Gasteiger partial charge in [0, 0.05) is 10.7 Å². The minimum absolute atomic E-state index is 0.0109. The summed E-state index contributed by atoms with van der Waals surface area (Å²) >= 11 is 7.43. The summed E-state index contributed by atoms with van der Waals surface area (Å²) in [6.07, 6.45) is 0. The Balaban J connectivity index is 1.99. The van der Waals surface area contributed by atoms with Crippen molar-refractivity contribution in [3.8, 4) is 0 Å². The fourth-order valence-corrected chi connectivity index (χ4v) is 3.61. The van der Waals surface area contributed by atoms with Crippen molar-refractivity contribution in [1.29, 1.82) is 0 Å². The van der Waals surface area contributed by atoms with Crippen molar-refractivity contribution in [1.82, 2.24) is 0 Å². The Morgan fingerprint density at radius 2 is 1.95 bits per heavy atom. The van der Waals surface area contributed by atoms with E-state index in [1.165, 1.54) is 17.8 Å². The first-order valence-corrected chi connectivity index (χ1v) is 7.94. The molecule has 0 radical (unpaired) electrons. The van der Waals surface area contributed by atoms with Crippen LogP contribution in [0.25, 0.3) is 0 Å². The summed E-state index contributed by atoms with van der Waals surface area (Å²) in [5, 5.41) is 0.512. The van der Waals surface area contributed by atoms with Crippen LogP contribution in [0.3, 0.4) is 0 Å². The molecule has 5 heteroatoms. The Bertz CT molecular complexity index is 689. The van der Waals surface area contributed by atoms with Crippen LogP contribution in [0.15, 0.2) is 42.5 Å². The molecule has 1 aliphatic rings. The zero-order valence-electron chi connectivity index (χ0n) is 11.3. The molecule has 2 aromatic carbocycles. The number of hydrogen-bond donors (Lipinski definition) is 0. The molecule has 0 bridgehead atoms. The van der Waals surface area contributed by atoms with E-state index in [4.69, 9.17) is 11.6 Å². The van der Waals surface area contributed by atoms with Gasteiger partial charge in [0.05, 0.1) is 5.75 Å². The van der Waals surface area contributed by atoms with Crippen LogP contribution in [0.2, 0.25) is 5.02 Å². The number of rotatable bonds is 2. The van der Waals surface area contributed by atoms with Crippen LogP contribution in [-0.4, -0.2) is 11.7 Å². The second kappa shape index (κ2) is 5.70. The number of carbonyl (C=O) groups is 1. The van der Waals surface area contributed by atoms with Crippen LogP contribution in [0.4, 0.5) is 10.1 Å². The third-order valence-corrected chi connectivity index (χ3v) is 4.92. The summed E-state index contributed by atoms with van der Waals surface area (Å²) < 4.78 is 13.8. The summed E-state index contributed by atoms with van der Waals surface area (Å²) in [5.41, 5.74) is 2.14. The lowest BCUT2D eigenvalue weighted by Crippen LogP contribution is -2.27. The van der Waals surface area contributed by atoms with Crippen LogP contribution in [0, 0.1) is 12.7 Å². The van der Waals surface area contributed by atoms with Gasteiger partial charge in [-0.2, -0.15) is 0 Å². The predicted octanol–water partition coefficient (Wildman–Crippen LogP) is 4.57. The minimum atomic E-state index is -0.299. The lowest BCUT2D eigenvalue weighted by molar-refractivity contribution is -0.115. The largest absolute Gasteiger partial charge is 0.295 e. The second-order valence-electron chi connectivity index (χ2n) is 4.91. The van der Waals surface area contributed by atoms with E-state index >= 15 is 0 Å². The summed E-state index contributed by atoms with van der Waals surface area (Å²) in [4.78, 5) is 13.8. The lowest BCUT2D eigenvalue weighted by Gasteiger charge is -2.24. The molecule has 108 valence electrons. The predicted molar refractivity (Wildman–Crippen MR) is 85.3 cm³/mol. The Morgan fingerprint density at radius 1 is 1.24 bits per heavy atom. The Labute approximate surface area is 131 Å². The third-order valence-electron chi connectivity index (χ3n) is 3.46. The van der Waals surface area contributed by atoms with Gasteiger partial charge < -0.3 is 0 Å². The third kappa shape index (κ3) is 2.78. The number of thioether (sulfide) groups is 1. The van der Waals surface area contributed by atoms with E-state index in [2.05, 4.69) is 0 Å². The molecule has 1 amide bonds. The minimum Gasteiger partial charge on any atom is -0.295 e. The molecule has 1 atom stereocenters. The summed E-state index contributed by atoms with van der Waals surface area (Å²) in [5.74, 6) is 0.0817. The van der Waals surface area contributed by atoms with Crippen molar-refractivity contribution in [3.63, 3.8) is 0 Å². The van der Waals surface area contributed by atoms with Gasteiger partial charge in [0.25, 0.3) is 0 Å². The molecule has 0 saturated carbocycles. The van der Waals surface area contributed by atoms with E-state index in [-0.39, 0.29) is 17.1 Å². The molecule has 1 unspecified atom stereocenters. The maximum atomic E-state index is 13.8. The molecule has 0 aromatic heterocycles. The highest BCUT2D eigenvalue weighted by Crippen LogP contribution is 2.42. The highest BCUT2D eigenvalue weighted by Gasteiger charge is 2.34. The zero-order valence-corrected chi connectivity index (χ0v) is 12.9. The molecule has 2 nitrogen and oxygen atoms in total. The molecule has 0 N–H and O–H groups in total. The van der Waals surface area contributed by atoms with Crippen molar-refractivity contribution < 1.29 is 9.18 Å².